The molecule has 2 aliphatic rings. The SMILES string of the molecule is Cl.N=C(N)NC(=N)Nc1ccc(-c2c3nc(c(-c4ccccc4)c4ccc([nH]4)c(-c4ccccc4)c4nc(c(-c5ccccc5)c5ccc2[nH]5)C=C4)C=C3)cc1. The molecule has 5 heterocycles. The summed E-state index contributed by atoms with van der Waals surface area (Å²) in [6.07, 6.45) is 8.36. The summed E-state index contributed by atoms with van der Waals surface area (Å²) in [5.74, 6) is -0.402. The van der Waals surface area contributed by atoms with Gasteiger partial charge in [-0.05, 0) is 83.0 Å². The van der Waals surface area contributed by atoms with E-state index in [2.05, 4.69) is 118 Å². The third-order valence-electron chi connectivity index (χ3n) is 9.64. The van der Waals surface area contributed by atoms with Crippen molar-refractivity contribution in [2.45, 2.75) is 0 Å². The molecular formula is C46H36ClN9. The third kappa shape index (κ3) is 6.86. The summed E-state index contributed by atoms with van der Waals surface area (Å²) in [5, 5.41) is 21.0. The van der Waals surface area contributed by atoms with Crippen LogP contribution in [0.15, 0.2) is 140 Å². The van der Waals surface area contributed by atoms with Gasteiger partial charge in [0.15, 0.2) is 11.9 Å². The molecule has 10 heteroatoms. The number of aromatic amines is 2. The van der Waals surface area contributed by atoms with Crippen LogP contribution in [0.1, 0.15) is 22.8 Å². The molecule has 0 fully saturated rings. The van der Waals surface area contributed by atoms with Gasteiger partial charge in [0, 0.05) is 50.0 Å². The number of guanidine groups is 2. The minimum Gasteiger partial charge on any atom is -0.370 e. The molecule has 8 N–H and O–H groups in total. The molecule has 2 aliphatic heterocycles. The van der Waals surface area contributed by atoms with Crippen LogP contribution in [0.5, 0.6) is 0 Å². The molecule has 0 radical (unpaired) electrons. The van der Waals surface area contributed by atoms with Gasteiger partial charge in [0.25, 0.3) is 0 Å². The van der Waals surface area contributed by atoms with E-state index in [1.165, 1.54) is 0 Å². The smallest absolute Gasteiger partial charge is 0.199 e. The first-order valence-electron chi connectivity index (χ1n) is 17.9. The normalized spacial score (nSPS) is 11.5. The summed E-state index contributed by atoms with van der Waals surface area (Å²) in [6, 6.07) is 47.4. The Morgan fingerprint density at radius 1 is 0.446 bits per heavy atom. The van der Waals surface area contributed by atoms with Crippen molar-refractivity contribution >= 4 is 76.4 Å². The van der Waals surface area contributed by atoms with Gasteiger partial charge >= 0.3 is 0 Å². The van der Waals surface area contributed by atoms with E-state index in [-0.39, 0.29) is 24.3 Å². The van der Waals surface area contributed by atoms with E-state index in [1.54, 1.807) is 0 Å². The number of nitrogens with one attached hydrogen (secondary N) is 6. The number of nitrogens with zero attached hydrogens (tertiary/aromatic N) is 2. The Morgan fingerprint density at radius 3 is 1.09 bits per heavy atom. The summed E-state index contributed by atoms with van der Waals surface area (Å²) in [7, 11) is 0. The molecule has 8 bridgehead atoms. The van der Waals surface area contributed by atoms with Crippen LogP contribution in [0.4, 0.5) is 5.69 Å². The zero-order valence-electron chi connectivity index (χ0n) is 30.0. The van der Waals surface area contributed by atoms with Crippen LogP contribution in [0.2, 0.25) is 0 Å². The second-order valence-corrected chi connectivity index (χ2v) is 13.2. The maximum Gasteiger partial charge on any atom is 0.199 e. The molecular weight excluding hydrogens is 714 g/mol. The topological polar surface area (TPSA) is 155 Å². The summed E-state index contributed by atoms with van der Waals surface area (Å²) in [6.45, 7) is 0. The average Bonchev–Trinajstić information content (AvgIpc) is 4.04. The van der Waals surface area contributed by atoms with Crippen LogP contribution in [0, 0.1) is 10.8 Å². The largest absolute Gasteiger partial charge is 0.370 e. The van der Waals surface area contributed by atoms with Crippen LogP contribution < -0.4 is 16.4 Å². The van der Waals surface area contributed by atoms with Crippen molar-refractivity contribution < 1.29 is 0 Å². The molecule has 0 amide bonds. The highest BCUT2D eigenvalue weighted by atomic mass is 35.5. The Morgan fingerprint density at radius 2 is 0.768 bits per heavy atom. The maximum atomic E-state index is 8.10. The second-order valence-electron chi connectivity index (χ2n) is 13.2. The molecule has 0 atom stereocenters. The number of benzene rings is 4. The lowest BCUT2D eigenvalue weighted by molar-refractivity contribution is 1.20. The monoisotopic (exact) mass is 749 g/mol. The van der Waals surface area contributed by atoms with Gasteiger partial charge in [-0.2, -0.15) is 0 Å². The van der Waals surface area contributed by atoms with Crippen molar-refractivity contribution in [2.24, 2.45) is 5.73 Å². The fraction of sp³-hybridized carbons (Fsp3) is 0. The summed E-state index contributed by atoms with van der Waals surface area (Å²) in [4.78, 5) is 18.3. The van der Waals surface area contributed by atoms with Crippen molar-refractivity contribution in [1.29, 1.82) is 10.8 Å². The molecule has 0 saturated carbocycles. The molecule has 272 valence electrons. The Kier molecular flexibility index (Phi) is 9.58. The lowest BCUT2D eigenvalue weighted by Crippen LogP contribution is -2.39. The summed E-state index contributed by atoms with van der Waals surface area (Å²) >= 11 is 0. The number of anilines is 1. The van der Waals surface area contributed by atoms with E-state index < -0.39 is 0 Å². The highest BCUT2D eigenvalue weighted by molar-refractivity contribution is 6.03. The van der Waals surface area contributed by atoms with E-state index in [4.69, 9.17) is 26.5 Å². The Bertz CT molecular complexity index is 2800. The van der Waals surface area contributed by atoms with Crippen molar-refractivity contribution in [3.63, 3.8) is 0 Å². The molecule has 7 aromatic rings. The summed E-state index contributed by atoms with van der Waals surface area (Å²) < 4.78 is 0. The highest BCUT2D eigenvalue weighted by Gasteiger charge is 2.19. The lowest BCUT2D eigenvalue weighted by atomic mass is 10.0. The predicted octanol–water partition coefficient (Wildman–Crippen LogP) is 10.6. The zero-order valence-corrected chi connectivity index (χ0v) is 30.8. The van der Waals surface area contributed by atoms with E-state index in [9.17, 15) is 0 Å². The molecule has 0 saturated heterocycles. The van der Waals surface area contributed by atoms with E-state index in [0.29, 0.717) is 5.69 Å². The zero-order chi connectivity index (χ0) is 37.3. The molecule has 3 aromatic heterocycles. The third-order valence-corrected chi connectivity index (χ3v) is 9.64. The Hall–Kier alpha value is -7.49. The molecule has 0 spiro atoms. The molecule has 0 unspecified atom stereocenters. The lowest BCUT2D eigenvalue weighted by Gasteiger charge is -2.10. The quantitative estimate of drug-likeness (QED) is 0.0689. The minimum atomic E-state index is -0.312. The fourth-order valence-corrected chi connectivity index (χ4v) is 7.27. The molecule has 0 aliphatic carbocycles. The van der Waals surface area contributed by atoms with Crippen molar-refractivity contribution in [2.75, 3.05) is 5.32 Å². The second kappa shape index (κ2) is 15.1. The number of halogens is 1. The van der Waals surface area contributed by atoms with Gasteiger partial charge in [0.2, 0.25) is 0 Å². The number of nitrogens with two attached hydrogens (primary N) is 1. The first kappa shape index (κ1) is 35.5. The van der Waals surface area contributed by atoms with E-state index >= 15 is 0 Å². The Balaban J connectivity index is 0.00000441. The average molecular weight is 750 g/mol. The fourth-order valence-electron chi connectivity index (χ4n) is 7.27. The molecule has 9 rings (SSSR count). The van der Waals surface area contributed by atoms with Gasteiger partial charge in [-0.3, -0.25) is 16.1 Å². The standard InChI is InChI=1S/C46H35N9.ClH/c47-45(48)55-46(49)50-32-18-16-31(17-19-32)44-39-26-24-37(53-39)42(29-12-6-2-7-13-29)35-22-20-33(51-35)41(28-10-4-1-5-11-28)34-21-23-36(52-34)43(30-14-8-3-9-15-30)38-25-27-40(44)54-38;/h1-27,51,54H,(H6,47,48,49,50,55);1H. The van der Waals surface area contributed by atoms with Gasteiger partial charge in [-0.15, -0.1) is 12.4 Å². The van der Waals surface area contributed by atoms with Gasteiger partial charge in [0.05, 0.1) is 22.8 Å². The van der Waals surface area contributed by atoms with Crippen molar-refractivity contribution in [3.8, 4) is 44.5 Å². The van der Waals surface area contributed by atoms with Gasteiger partial charge in [-0.1, -0.05) is 103 Å². The molecule has 56 heavy (non-hydrogen) atoms. The highest BCUT2D eigenvalue weighted by Crippen LogP contribution is 2.38. The number of hydrogen-bond donors (Lipinski definition) is 7. The van der Waals surface area contributed by atoms with Crippen LogP contribution in [0.25, 0.3) is 90.9 Å². The van der Waals surface area contributed by atoms with Crippen LogP contribution in [-0.4, -0.2) is 31.9 Å². The number of hydrogen-bond acceptors (Lipinski definition) is 4. The molecule has 9 nitrogen and oxygen atoms in total. The number of aromatic nitrogens is 4. The van der Waals surface area contributed by atoms with E-state index in [1.807, 2.05) is 66.7 Å². The van der Waals surface area contributed by atoms with Gasteiger partial charge in [-0.25, -0.2) is 9.97 Å². The predicted molar refractivity (Wildman–Crippen MR) is 234 cm³/mol. The first-order chi connectivity index (χ1) is 27.0. The summed E-state index contributed by atoms with van der Waals surface area (Å²) in [5.41, 5.74) is 21.1. The van der Waals surface area contributed by atoms with Crippen molar-refractivity contribution in [1.82, 2.24) is 25.3 Å². The van der Waals surface area contributed by atoms with Gasteiger partial charge < -0.3 is 21.0 Å². The Labute approximate surface area is 329 Å². The van der Waals surface area contributed by atoms with Crippen molar-refractivity contribution in [3.05, 3.63) is 162 Å². The number of H-pyrrole nitrogens is 2. The minimum absolute atomic E-state index is 0. The van der Waals surface area contributed by atoms with E-state index in [0.717, 1.165) is 89.4 Å². The van der Waals surface area contributed by atoms with Crippen LogP contribution >= 0.6 is 12.4 Å². The van der Waals surface area contributed by atoms with Crippen LogP contribution in [-0.2, 0) is 0 Å². The molecule has 4 aromatic carbocycles. The maximum absolute atomic E-state index is 8.10. The number of fused-ring (bicyclic) bond motifs is 8. The number of rotatable bonds is 5. The first-order valence-corrected chi connectivity index (χ1v) is 17.9. The van der Waals surface area contributed by atoms with Crippen LogP contribution in [0.3, 0.4) is 0 Å². The van der Waals surface area contributed by atoms with Gasteiger partial charge in [0.1, 0.15) is 0 Å².